The first kappa shape index (κ1) is 15.5. The molecule has 2 rings (SSSR count). The molecule has 0 aliphatic heterocycles. The number of thioether (sulfide) groups is 1. The average Bonchev–Trinajstić information content (AvgIpc) is 2.87. The molecule has 1 unspecified atom stereocenters. The lowest BCUT2D eigenvalue weighted by Crippen LogP contribution is -2.23. The highest BCUT2D eigenvalue weighted by molar-refractivity contribution is 7.99. The second kappa shape index (κ2) is 7.81. The summed E-state index contributed by atoms with van der Waals surface area (Å²) in [5.41, 5.74) is 0. The molecule has 0 amide bonds. The third kappa shape index (κ3) is 4.33. The molecule has 0 saturated heterocycles. The Hall–Kier alpha value is -0.840. The second-order valence-corrected chi connectivity index (χ2v) is 7.08. The second-order valence-electron chi connectivity index (χ2n) is 4.70. The summed E-state index contributed by atoms with van der Waals surface area (Å²) in [6.07, 6.45) is 1.10. The molecule has 0 spiro atoms. The Morgan fingerprint density at radius 2 is 2.05 bits per heavy atom. The first-order valence-electron chi connectivity index (χ1n) is 6.87. The van der Waals surface area contributed by atoms with Crippen LogP contribution in [0.4, 0.5) is 4.39 Å². The maximum atomic E-state index is 13.7. The molecular formula is C16H20FNS2. The number of halogens is 1. The fourth-order valence-electron chi connectivity index (χ4n) is 1.94. The monoisotopic (exact) mass is 309 g/mol. The number of thiophene rings is 1. The molecule has 2 aromatic rings. The number of nitrogens with one attached hydrogen (secondary N) is 1. The van der Waals surface area contributed by atoms with Crippen LogP contribution in [0.1, 0.15) is 29.1 Å². The van der Waals surface area contributed by atoms with Gasteiger partial charge < -0.3 is 5.32 Å². The van der Waals surface area contributed by atoms with Crippen molar-refractivity contribution in [3.63, 3.8) is 0 Å². The van der Waals surface area contributed by atoms with E-state index in [1.54, 1.807) is 17.8 Å². The van der Waals surface area contributed by atoms with Crippen LogP contribution in [0, 0.1) is 12.7 Å². The number of hydrogen-bond donors (Lipinski definition) is 1. The van der Waals surface area contributed by atoms with Gasteiger partial charge in [-0.25, -0.2) is 4.39 Å². The molecule has 20 heavy (non-hydrogen) atoms. The van der Waals surface area contributed by atoms with Gasteiger partial charge in [-0.05, 0) is 44.2 Å². The molecule has 0 aliphatic carbocycles. The fourth-order valence-corrected chi connectivity index (χ4v) is 4.02. The Kier molecular flexibility index (Phi) is 6.07. The number of rotatable bonds is 7. The van der Waals surface area contributed by atoms with Crippen molar-refractivity contribution in [1.82, 2.24) is 5.32 Å². The van der Waals surface area contributed by atoms with Gasteiger partial charge in [0, 0.05) is 20.4 Å². The molecule has 0 aliphatic rings. The quantitative estimate of drug-likeness (QED) is 0.720. The summed E-state index contributed by atoms with van der Waals surface area (Å²) < 4.78 is 13.7. The molecule has 1 aromatic carbocycles. The van der Waals surface area contributed by atoms with Crippen molar-refractivity contribution in [3.05, 3.63) is 52.0 Å². The molecule has 0 bridgehead atoms. The summed E-state index contributed by atoms with van der Waals surface area (Å²) in [7, 11) is 0. The highest BCUT2D eigenvalue weighted by atomic mass is 32.2. The van der Waals surface area contributed by atoms with Crippen LogP contribution in [0.25, 0.3) is 0 Å². The Morgan fingerprint density at radius 3 is 2.70 bits per heavy atom. The number of aryl methyl sites for hydroxylation is 1. The van der Waals surface area contributed by atoms with Crippen LogP contribution in [-0.2, 0) is 0 Å². The van der Waals surface area contributed by atoms with Crippen molar-refractivity contribution in [3.8, 4) is 0 Å². The third-order valence-electron chi connectivity index (χ3n) is 2.99. The van der Waals surface area contributed by atoms with Crippen LogP contribution in [-0.4, -0.2) is 12.3 Å². The van der Waals surface area contributed by atoms with Crippen molar-refractivity contribution in [2.24, 2.45) is 0 Å². The SMILES string of the molecule is CCCNC(CSc1ccccc1F)c1ccc(C)s1. The summed E-state index contributed by atoms with van der Waals surface area (Å²) in [5, 5.41) is 3.56. The summed E-state index contributed by atoms with van der Waals surface area (Å²) in [6.45, 7) is 5.27. The zero-order valence-electron chi connectivity index (χ0n) is 11.9. The van der Waals surface area contributed by atoms with Crippen LogP contribution in [0.5, 0.6) is 0 Å². The summed E-state index contributed by atoms with van der Waals surface area (Å²) >= 11 is 3.39. The van der Waals surface area contributed by atoms with Gasteiger partial charge in [0.05, 0.1) is 6.04 Å². The van der Waals surface area contributed by atoms with E-state index in [-0.39, 0.29) is 5.82 Å². The van der Waals surface area contributed by atoms with Crippen molar-refractivity contribution in [1.29, 1.82) is 0 Å². The van der Waals surface area contributed by atoms with E-state index in [0.717, 1.165) is 23.6 Å². The van der Waals surface area contributed by atoms with E-state index in [9.17, 15) is 4.39 Å². The molecule has 0 fully saturated rings. The van der Waals surface area contributed by atoms with Gasteiger partial charge in [0.1, 0.15) is 5.82 Å². The van der Waals surface area contributed by atoms with Crippen molar-refractivity contribution < 1.29 is 4.39 Å². The summed E-state index contributed by atoms with van der Waals surface area (Å²) in [4.78, 5) is 3.38. The highest BCUT2D eigenvalue weighted by Gasteiger charge is 2.14. The maximum Gasteiger partial charge on any atom is 0.136 e. The largest absolute Gasteiger partial charge is 0.309 e. The van der Waals surface area contributed by atoms with Gasteiger partial charge in [0.25, 0.3) is 0 Å². The van der Waals surface area contributed by atoms with Crippen LogP contribution >= 0.6 is 23.1 Å². The molecule has 1 N–H and O–H groups in total. The van der Waals surface area contributed by atoms with E-state index in [0.29, 0.717) is 6.04 Å². The molecule has 108 valence electrons. The average molecular weight is 309 g/mol. The standard InChI is InChI=1S/C16H20FNS2/c1-3-10-18-14(16-9-8-12(2)20-16)11-19-15-7-5-4-6-13(15)17/h4-9,14,18H,3,10-11H2,1-2H3. The van der Waals surface area contributed by atoms with Gasteiger partial charge in [-0.15, -0.1) is 23.1 Å². The smallest absolute Gasteiger partial charge is 0.136 e. The lowest BCUT2D eigenvalue weighted by atomic mass is 10.2. The Balaban J connectivity index is 2.03. The molecule has 1 atom stereocenters. The molecule has 4 heteroatoms. The molecule has 1 heterocycles. The van der Waals surface area contributed by atoms with E-state index < -0.39 is 0 Å². The minimum Gasteiger partial charge on any atom is -0.309 e. The van der Waals surface area contributed by atoms with Crippen LogP contribution in [0.15, 0.2) is 41.3 Å². The van der Waals surface area contributed by atoms with Gasteiger partial charge >= 0.3 is 0 Å². The topological polar surface area (TPSA) is 12.0 Å². The van der Waals surface area contributed by atoms with Gasteiger partial charge in [0.2, 0.25) is 0 Å². The predicted molar refractivity (Wildman–Crippen MR) is 87.2 cm³/mol. The van der Waals surface area contributed by atoms with Crippen molar-refractivity contribution in [2.45, 2.75) is 31.2 Å². The minimum atomic E-state index is -0.130. The first-order valence-corrected chi connectivity index (χ1v) is 8.68. The summed E-state index contributed by atoms with van der Waals surface area (Å²) in [5.74, 6) is 0.718. The van der Waals surface area contributed by atoms with Gasteiger partial charge in [-0.2, -0.15) is 0 Å². The fraction of sp³-hybridized carbons (Fsp3) is 0.375. The molecule has 1 aromatic heterocycles. The van der Waals surface area contributed by atoms with Gasteiger partial charge in [-0.1, -0.05) is 19.1 Å². The zero-order chi connectivity index (χ0) is 14.4. The predicted octanol–water partition coefficient (Wildman–Crippen LogP) is 5.03. The maximum absolute atomic E-state index is 13.7. The Morgan fingerprint density at radius 1 is 1.25 bits per heavy atom. The lowest BCUT2D eigenvalue weighted by Gasteiger charge is -2.17. The van der Waals surface area contributed by atoms with Crippen LogP contribution < -0.4 is 5.32 Å². The van der Waals surface area contributed by atoms with Crippen molar-refractivity contribution in [2.75, 3.05) is 12.3 Å². The normalized spacial score (nSPS) is 12.6. The molecule has 0 radical (unpaired) electrons. The van der Waals surface area contributed by atoms with E-state index in [1.807, 2.05) is 23.5 Å². The Bertz CT molecular complexity index is 539. The molecule has 1 nitrogen and oxygen atoms in total. The third-order valence-corrected chi connectivity index (χ3v) is 5.24. The Labute approximate surface area is 128 Å². The van der Waals surface area contributed by atoms with E-state index >= 15 is 0 Å². The zero-order valence-corrected chi connectivity index (χ0v) is 13.5. The van der Waals surface area contributed by atoms with E-state index in [2.05, 4.69) is 31.3 Å². The minimum absolute atomic E-state index is 0.130. The highest BCUT2D eigenvalue weighted by Crippen LogP contribution is 2.30. The molecule has 0 saturated carbocycles. The van der Waals surface area contributed by atoms with Crippen LogP contribution in [0.2, 0.25) is 0 Å². The lowest BCUT2D eigenvalue weighted by molar-refractivity contribution is 0.582. The summed E-state index contributed by atoms with van der Waals surface area (Å²) in [6, 6.07) is 11.6. The number of benzene rings is 1. The van der Waals surface area contributed by atoms with E-state index in [4.69, 9.17) is 0 Å². The van der Waals surface area contributed by atoms with Gasteiger partial charge in [0.15, 0.2) is 0 Å². The van der Waals surface area contributed by atoms with Crippen molar-refractivity contribution >= 4 is 23.1 Å². The van der Waals surface area contributed by atoms with E-state index in [1.165, 1.54) is 15.8 Å². The molecular weight excluding hydrogens is 289 g/mol. The first-order chi connectivity index (χ1) is 9.70. The number of hydrogen-bond acceptors (Lipinski definition) is 3. The van der Waals surface area contributed by atoms with Crippen LogP contribution in [0.3, 0.4) is 0 Å². The van der Waals surface area contributed by atoms with Gasteiger partial charge in [-0.3, -0.25) is 0 Å².